The van der Waals surface area contributed by atoms with Crippen molar-refractivity contribution in [2.75, 3.05) is 20.3 Å². The SMILES string of the molecule is CCOC(=O)C1=C(COC(=O)c2ccc(Cl)cc2O)NC(=O)NC1c1ccc(OC)cc1. The number of methoxy groups -OCH3 is 1. The van der Waals surface area contributed by atoms with Crippen LogP contribution in [0.25, 0.3) is 0 Å². The number of esters is 2. The average Bonchev–Trinajstić information content (AvgIpc) is 2.77. The summed E-state index contributed by atoms with van der Waals surface area (Å²) in [6.45, 7) is 1.32. The number of aromatic hydroxyl groups is 1. The number of ether oxygens (including phenoxy) is 3. The smallest absolute Gasteiger partial charge is 0.342 e. The number of carbonyl (C=O) groups excluding carboxylic acids is 3. The monoisotopic (exact) mass is 460 g/mol. The van der Waals surface area contributed by atoms with Gasteiger partial charge in [-0.25, -0.2) is 14.4 Å². The molecule has 1 unspecified atom stereocenters. The minimum Gasteiger partial charge on any atom is -0.507 e. The highest BCUT2D eigenvalue weighted by Gasteiger charge is 2.34. The summed E-state index contributed by atoms with van der Waals surface area (Å²) in [6.07, 6.45) is 0. The van der Waals surface area contributed by atoms with Crippen LogP contribution in [0.3, 0.4) is 0 Å². The number of phenols is 1. The van der Waals surface area contributed by atoms with E-state index in [2.05, 4.69) is 10.6 Å². The molecule has 0 saturated heterocycles. The largest absolute Gasteiger partial charge is 0.507 e. The fourth-order valence-electron chi connectivity index (χ4n) is 3.12. The summed E-state index contributed by atoms with van der Waals surface area (Å²) in [7, 11) is 1.52. The van der Waals surface area contributed by atoms with Crippen molar-refractivity contribution in [3.8, 4) is 11.5 Å². The molecule has 0 aliphatic carbocycles. The molecule has 0 fully saturated rings. The van der Waals surface area contributed by atoms with Crippen molar-refractivity contribution in [3.63, 3.8) is 0 Å². The number of benzene rings is 2. The van der Waals surface area contributed by atoms with Crippen LogP contribution in [0.1, 0.15) is 28.9 Å². The first-order valence-electron chi connectivity index (χ1n) is 9.61. The molecule has 168 valence electrons. The van der Waals surface area contributed by atoms with Crippen LogP contribution in [0.15, 0.2) is 53.7 Å². The minimum atomic E-state index is -0.858. The summed E-state index contributed by atoms with van der Waals surface area (Å²) in [6, 6.07) is 9.28. The van der Waals surface area contributed by atoms with Gasteiger partial charge in [0.25, 0.3) is 0 Å². The molecule has 3 N–H and O–H groups in total. The van der Waals surface area contributed by atoms with Gasteiger partial charge in [-0.3, -0.25) is 0 Å². The molecule has 2 aromatic rings. The van der Waals surface area contributed by atoms with E-state index in [1.165, 1.54) is 25.3 Å². The van der Waals surface area contributed by atoms with E-state index < -0.39 is 30.6 Å². The molecular weight excluding hydrogens is 440 g/mol. The van der Waals surface area contributed by atoms with Crippen LogP contribution in [0, 0.1) is 0 Å². The summed E-state index contributed by atoms with van der Waals surface area (Å²) in [5.74, 6) is -1.29. The molecule has 32 heavy (non-hydrogen) atoms. The van der Waals surface area contributed by atoms with Crippen LogP contribution in [0.5, 0.6) is 11.5 Å². The van der Waals surface area contributed by atoms with Crippen molar-refractivity contribution in [3.05, 3.63) is 69.9 Å². The second-order valence-corrected chi connectivity index (χ2v) is 7.09. The van der Waals surface area contributed by atoms with Crippen LogP contribution in [0.2, 0.25) is 5.02 Å². The molecule has 0 aromatic heterocycles. The first-order valence-corrected chi connectivity index (χ1v) is 9.99. The number of carbonyl (C=O) groups is 3. The fraction of sp³-hybridized carbons (Fsp3) is 0.227. The maximum absolute atomic E-state index is 12.7. The molecule has 9 nitrogen and oxygen atoms in total. The van der Waals surface area contributed by atoms with Gasteiger partial charge in [-0.1, -0.05) is 23.7 Å². The highest BCUT2D eigenvalue weighted by Crippen LogP contribution is 2.29. The molecule has 0 bridgehead atoms. The van der Waals surface area contributed by atoms with Crippen molar-refractivity contribution in [2.45, 2.75) is 13.0 Å². The quantitative estimate of drug-likeness (QED) is 0.542. The Morgan fingerprint density at radius 3 is 2.44 bits per heavy atom. The Balaban J connectivity index is 1.92. The number of hydrogen-bond acceptors (Lipinski definition) is 7. The number of halogens is 1. The van der Waals surface area contributed by atoms with Crippen LogP contribution >= 0.6 is 11.6 Å². The third-order valence-electron chi connectivity index (χ3n) is 4.63. The lowest BCUT2D eigenvalue weighted by molar-refractivity contribution is -0.139. The molecule has 0 radical (unpaired) electrons. The Morgan fingerprint density at radius 1 is 1.09 bits per heavy atom. The van der Waals surface area contributed by atoms with Crippen molar-refractivity contribution in [2.24, 2.45) is 0 Å². The number of urea groups is 1. The third kappa shape index (κ3) is 5.12. The Morgan fingerprint density at radius 2 is 1.81 bits per heavy atom. The molecular formula is C22H21ClN2O7. The predicted octanol–water partition coefficient (Wildman–Crippen LogP) is 3.08. The van der Waals surface area contributed by atoms with Crippen molar-refractivity contribution in [1.29, 1.82) is 0 Å². The topological polar surface area (TPSA) is 123 Å². The Labute approximate surface area is 188 Å². The molecule has 0 saturated carbocycles. The van der Waals surface area contributed by atoms with Gasteiger partial charge in [0.2, 0.25) is 0 Å². The fourth-order valence-corrected chi connectivity index (χ4v) is 3.29. The standard InChI is InChI=1S/C22H21ClN2O7/c1-3-31-21(28)18-16(11-32-20(27)15-9-6-13(23)10-17(15)26)24-22(29)25-19(18)12-4-7-14(30-2)8-5-12/h4-10,19,26H,3,11H2,1-2H3,(H2,24,25,29). The van der Waals surface area contributed by atoms with Gasteiger partial charge in [0.15, 0.2) is 0 Å². The zero-order chi connectivity index (χ0) is 23.3. The maximum Gasteiger partial charge on any atom is 0.342 e. The predicted molar refractivity (Wildman–Crippen MR) is 114 cm³/mol. The number of phenolic OH excluding ortho intramolecular Hbond substituents is 1. The van der Waals surface area contributed by atoms with Crippen molar-refractivity contribution in [1.82, 2.24) is 10.6 Å². The zero-order valence-electron chi connectivity index (χ0n) is 17.3. The highest BCUT2D eigenvalue weighted by molar-refractivity contribution is 6.30. The molecule has 1 atom stereocenters. The summed E-state index contributed by atoms with van der Waals surface area (Å²) >= 11 is 5.78. The van der Waals surface area contributed by atoms with Gasteiger partial charge in [0, 0.05) is 5.02 Å². The van der Waals surface area contributed by atoms with E-state index >= 15 is 0 Å². The number of hydrogen-bond donors (Lipinski definition) is 3. The molecule has 1 aliphatic heterocycles. The van der Waals surface area contributed by atoms with E-state index in [0.29, 0.717) is 11.3 Å². The molecule has 10 heteroatoms. The Hall–Kier alpha value is -3.72. The highest BCUT2D eigenvalue weighted by atomic mass is 35.5. The van der Waals surface area contributed by atoms with Gasteiger partial charge >= 0.3 is 18.0 Å². The van der Waals surface area contributed by atoms with Crippen LogP contribution < -0.4 is 15.4 Å². The van der Waals surface area contributed by atoms with Gasteiger partial charge in [0.05, 0.1) is 31.0 Å². The molecule has 2 amide bonds. The first kappa shape index (κ1) is 23.0. The van der Waals surface area contributed by atoms with Gasteiger partial charge in [-0.2, -0.15) is 0 Å². The second kappa shape index (κ2) is 10.1. The summed E-state index contributed by atoms with van der Waals surface area (Å²) in [4.78, 5) is 37.4. The molecule has 1 aliphatic rings. The summed E-state index contributed by atoms with van der Waals surface area (Å²) in [5, 5.41) is 15.4. The molecule has 2 aromatic carbocycles. The van der Waals surface area contributed by atoms with Crippen LogP contribution in [0.4, 0.5) is 4.79 Å². The summed E-state index contributed by atoms with van der Waals surface area (Å²) < 4.78 is 15.6. The maximum atomic E-state index is 12.7. The first-order chi connectivity index (χ1) is 15.3. The Bertz CT molecular complexity index is 1070. The van der Waals surface area contributed by atoms with Gasteiger partial charge < -0.3 is 30.0 Å². The lowest BCUT2D eigenvalue weighted by atomic mass is 9.95. The summed E-state index contributed by atoms with van der Waals surface area (Å²) in [5.41, 5.74) is 0.641. The van der Waals surface area contributed by atoms with E-state index in [0.717, 1.165) is 0 Å². The average molecular weight is 461 g/mol. The zero-order valence-corrected chi connectivity index (χ0v) is 18.1. The van der Waals surface area contributed by atoms with Crippen molar-refractivity contribution >= 4 is 29.6 Å². The van der Waals surface area contributed by atoms with E-state index in [9.17, 15) is 19.5 Å². The second-order valence-electron chi connectivity index (χ2n) is 6.65. The van der Waals surface area contributed by atoms with E-state index in [1.807, 2.05) is 0 Å². The molecule has 1 heterocycles. The molecule has 0 spiro atoms. The van der Waals surface area contributed by atoms with Crippen molar-refractivity contribution < 1.29 is 33.7 Å². The number of nitrogens with one attached hydrogen (secondary N) is 2. The van der Waals surface area contributed by atoms with Crippen LogP contribution in [-0.4, -0.2) is 43.4 Å². The van der Waals surface area contributed by atoms with Gasteiger partial charge in [0.1, 0.15) is 23.7 Å². The van der Waals surface area contributed by atoms with E-state index in [-0.39, 0.29) is 34.2 Å². The minimum absolute atomic E-state index is 0.0646. The lowest BCUT2D eigenvalue weighted by Gasteiger charge is -2.29. The molecule has 3 rings (SSSR count). The lowest BCUT2D eigenvalue weighted by Crippen LogP contribution is -2.47. The number of amides is 2. The van der Waals surface area contributed by atoms with E-state index in [4.69, 9.17) is 25.8 Å². The third-order valence-corrected chi connectivity index (χ3v) is 4.86. The van der Waals surface area contributed by atoms with E-state index in [1.54, 1.807) is 31.2 Å². The Kier molecular flexibility index (Phi) is 7.21. The van der Waals surface area contributed by atoms with Crippen LogP contribution in [-0.2, 0) is 14.3 Å². The van der Waals surface area contributed by atoms with Gasteiger partial charge in [-0.15, -0.1) is 0 Å². The number of rotatable bonds is 7. The normalized spacial score (nSPS) is 15.5. The van der Waals surface area contributed by atoms with Gasteiger partial charge in [-0.05, 0) is 42.8 Å².